The molecule has 0 aliphatic heterocycles. The maximum Gasteiger partial charge on any atom is 0.123 e. The minimum absolute atomic E-state index is 0.467. The molecule has 0 aliphatic rings. The standard InChI is InChI=1S/C11H11ClN2OS/c12-8-5-10(16-6-8)9(15)3-7-1-2-14-11(13)4-7/h1-2,4-6,9,15H,3H2,(H2,13,14). The van der Waals surface area contributed by atoms with Crippen molar-refractivity contribution in [2.75, 3.05) is 5.73 Å². The molecule has 0 aromatic carbocycles. The molecule has 2 aromatic rings. The summed E-state index contributed by atoms with van der Waals surface area (Å²) >= 11 is 7.25. The van der Waals surface area contributed by atoms with Gasteiger partial charge in [-0.25, -0.2) is 4.98 Å². The van der Waals surface area contributed by atoms with Crippen LogP contribution < -0.4 is 5.73 Å². The largest absolute Gasteiger partial charge is 0.387 e. The van der Waals surface area contributed by atoms with Gasteiger partial charge in [0.2, 0.25) is 0 Å². The van der Waals surface area contributed by atoms with E-state index in [1.807, 2.05) is 6.07 Å². The number of aliphatic hydroxyl groups excluding tert-OH is 1. The molecule has 2 aromatic heterocycles. The van der Waals surface area contributed by atoms with Crippen LogP contribution in [0.3, 0.4) is 0 Å². The third-order valence-corrected chi connectivity index (χ3v) is 3.57. The number of halogens is 1. The number of pyridine rings is 1. The van der Waals surface area contributed by atoms with Gasteiger partial charge in [-0.3, -0.25) is 0 Å². The van der Waals surface area contributed by atoms with E-state index in [0.717, 1.165) is 10.4 Å². The number of hydrogen-bond donors (Lipinski definition) is 2. The first-order chi connectivity index (χ1) is 7.65. The molecule has 1 atom stereocenters. The van der Waals surface area contributed by atoms with Crippen molar-refractivity contribution in [2.24, 2.45) is 0 Å². The molecule has 16 heavy (non-hydrogen) atoms. The fourth-order valence-corrected chi connectivity index (χ4v) is 2.52. The van der Waals surface area contributed by atoms with E-state index >= 15 is 0 Å². The van der Waals surface area contributed by atoms with Gasteiger partial charge in [0.05, 0.1) is 11.1 Å². The van der Waals surface area contributed by atoms with Crippen LogP contribution in [0.25, 0.3) is 0 Å². The first-order valence-corrected chi connectivity index (χ1v) is 6.03. The summed E-state index contributed by atoms with van der Waals surface area (Å²) in [6, 6.07) is 5.38. The fourth-order valence-electron chi connectivity index (χ4n) is 1.45. The Hall–Kier alpha value is -1.10. The van der Waals surface area contributed by atoms with Gasteiger partial charge in [0.15, 0.2) is 0 Å². The quantitative estimate of drug-likeness (QED) is 0.885. The lowest BCUT2D eigenvalue weighted by molar-refractivity contribution is 0.182. The predicted molar refractivity (Wildman–Crippen MR) is 66.6 cm³/mol. The van der Waals surface area contributed by atoms with Gasteiger partial charge >= 0.3 is 0 Å². The van der Waals surface area contributed by atoms with Crippen molar-refractivity contribution in [3.8, 4) is 0 Å². The minimum atomic E-state index is -0.542. The van der Waals surface area contributed by atoms with Crippen LogP contribution in [0.2, 0.25) is 5.02 Å². The van der Waals surface area contributed by atoms with E-state index in [4.69, 9.17) is 17.3 Å². The van der Waals surface area contributed by atoms with Crippen LogP contribution in [0.5, 0.6) is 0 Å². The van der Waals surface area contributed by atoms with Crippen LogP contribution in [0.1, 0.15) is 16.5 Å². The molecule has 0 aliphatic carbocycles. The highest BCUT2D eigenvalue weighted by Crippen LogP contribution is 2.27. The van der Waals surface area contributed by atoms with Gasteiger partial charge in [-0.1, -0.05) is 11.6 Å². The Morgan fingerprint density at radius 1 is 1.50 bits per heavy atom. The van der Waals surface area contributed by atoms with Crippen molar-refractivity contribution in [1.29, 1.82) is 0 Å². The number of nitrogen functional groups attached to an aromatic ring is 1. The van der Waals surface area contributed by atoms with Gasteiger partial charge in [0.25, 0.3) is 0 Å². The van der Waals surface area contributed by atoms with Gasteiger partial charge < -0.3 is 10.8 Å². The van der Waals surface area contributed by atoms with E-state index < -0.39 is 6.10 Å². The maximum absolute atomic E-state index is 9.97. The molecular weight excluding hydrogens is 244 g/mol. The molecular formula is C11H11ClN2OS. The Balaban J connectivity index is 2.10. The number of aromatic nitrogens is 1. The molecule has 0 spiro atoms. The Kier molecular flexibility index (Phi) is 3.43. The van der Waals surface area contributed by atoms with Crippen LogP contribution in [-0.4, -0.2) is 10.1 Å². The van der Waals surface area contributed by atoms with Crippen LogP contribution in [0.15, 0.2) is 29.8 Å². The lowest BCUT2D eigenvalue weighted by atomic mass is 10.1. The van der Waals surface area contributed by atoms with Crippen molar-refractivity contribution in [3.05, 3.63) is 45.2 Å². The summed E-state index contributed by atoms with van der Waals surface area (Å²) in [7, 11) is 0. The van der Waals surface area contributed by atoms with Gasteiger partial charge in [-0.2, -0.15) is 0 Å². The summed E-state index contributed by atoms with van der Waals surface area (Å²) in [6.45, 7) is 0. The Bertz CT molecular complexity index is 486. The number of hydrogen-bond acceptors (Lipinski definition) is 4. The molecule has 0 fully saturated rings. The zero-order chi connectivity index (χ0) is 11.5. The summed E-state index contributed by atoms with van der Waals surface area (Å²) in [6.07, 6.45) is 1.61. The minimum Gasteiger partial charge on any atom is -0.387 e. The third-order valence-electron chi connectivity index (χ3n) is 2.19. The van der Waals surface area contributed by atoms with E-state index in [9.17, 15) is 5.11 Å². The number of anilines is 1. The summed E-state index contributed by atoms with van der Waals surface area (Å²) in [5, 5.41) is 12.4. The Morgan fingerprint density at radius 3 is 2.94 bits per heavy atom. The van der Waals surface area contributed by atoms with Crippen molar-refractivity contribution < 1.29 is 5.11 Å². The molecule has 3 nitrogen and oxygen atoms in total. The first kappa shape index (κ1) is 11.4. The zero-order valence-corrected chi connectivity index (χ0v) is 10.0. The average molecular weight is 255 g/mol. The Morgan fingerprint density at radius 2 is 2.31 bits per heavy atom. The molecule has 0 saturated carbocycles. The predicted octanol–water partition coefficient (Wildman–Crippen LogP) is 2.65. The SMILES string of the molecule is Nc1cc(CC(O)c2cc(Cl)cs2)ccn1. The van der Waals surface area contributed by atoms with Crippen molar-refractivity contribution >= 4 is 28.8 Å². The molecule has 0 saturated heterocycles. The van der Waals surface area contributed by atoms with E-state index in [1.165, 1.54) is 11.3 Å². The lowest BCUT2D eigenvalue weighted by Crippen LogP contribution is -2.00. The van der Waals surface area contributed by atoms with Gasteiger partial charge in [-0.05, 0) is 23.8 Å². The molecule has 5 heteroatoms. The van der Waals surface area contributed by atoms with Gasteiger partial charge in [-0.15, -0.1) is 11.3 Å². The average Bonchev–Trinajstić information content (AvgIpc) is 2.65. The monoisotopic (exact) mass is 254 g/mol. The molecule has 1 unspecified atom stereocenters. The summed E-state index contributed by atoms with van der Waals surface area (Å²) < 4.78 is 0. The summed E-state index contributed by atoms with van der Waals surface area (Å²) in [5.41, 5.74) is 6.53. The highest BCUT2D eigenvalue weighted by Gasteiger charge is 2.11. The highest BCUT2D eigenvalue weighted by atomic mass is 35.5. The molecule has 0 radical (unpaired) electrons. The van der Waals surface area contributed by atoms with E-state index in [2.05, 4.69) is 4.98 Å². The van der Waals surface area contributed by atoms with Crippen molar-refractivity contribution in [3.63, 3.8) is 0 Å². The van der Waals surface area contributed by atoms with Crippen molar-refractivity contribution in [1.82, 2.24) is 4.98 Å². The Labute approximate surface area is 103 Å². The smallest absolute Gasteiger partial charge is 0.123 e. The van der Waals surface area contributed by atoms with Crippen molar-refractivity contribution in [2.45, 2.75) is 12.5 Å². The molecule has 3 N–H and O–H groups in total. The molecule has 0 bridgehead atoms. The van der Waals surface area contributed by atoms with Gasteiger partial charge in [0.1, 0.15) is 5.82 Å². The zero-order valence-electron chi connectivity index (χ0n) is 8.43. The van der Waals surface area contributed by atoms with E-state index in [1.54, 1.807) is 23.7 Å². The second kappa shape index (κ2) is 4.82. The highest BCUT2D eigenvalue weighted by molar-refractivity contribution is 7.10. The number of rotatable bonds is 3. The second-order valence-corrected chi connectivity index (χ2v) is 4.86. The fraction of sp³-hybridized carbons (Fsp3) is 0.182. The molecule has 0 amide bonds. The second-order valence-electron chi connectivity index (χ2n) is 3.48. The van der Waals surface area contributed by atoms with Crippen LogP contribution >= 0.6 is 22.9 Å². The van der Waals surface area contributed by atoms with Crippen LogP contribution in [-0.2, 0) is 6.42 Å². The van der Waals surface area contributed by atoms with Crippen LogP contribution in [0, 0.1) is 0 Å². The molecule has 2 heterocycles. The van der Waals surface area contributed by atoms with Crippen LogP contribution in [0.4, 0.5) is 5.82 Å². The third kappa shape index (κ3) is 2.72. The number of nitrogens with zero attached hydrogens (tertiary/aromatic N) is 1. The number of nitrogens with two attached hydrogens (primary N) is 1. The number of thiophene rings is 1. The normalized spacial score (nSPS) is 12.6. The van der Waals surface area contributed by atoms with E-state index in [-0.39, 0.29) is 0 Å². The van der Waals surface area contributed by atoms with E-state index in [0.29, 0.717) is 17.3 Å². The summed E-state index contributed by atoms with van der Waals surface area (Å²) in [5.74, 6) is 0.467. The summed E-state index contributed by atoms with van der Waals surface area (Å²) in [4.78, 5) is 4.76. The number of aliphatic hydroxyl groups is 1. The maximum atomic E-state index is 9.97. The molecule has 84 valence electrons. The molecule has 2 rings (SSSR count). The van der Waals surface area contributed by atoms with Gasteiger partial charge in [0, 0.05) is 22.9 Å². The first-order valence-electron chi connectivity index (χ1n) is 4.77. The topological polar surface area (TPSA) is 59.1 Å². The lowest BCUT2D eigenvalue weighted by Gasteiger charge is -2.08.